The zero-order valence-corrected chi connectivity index (χ0v) is 19.6. The van der Waals surface area contributed by atoms with Crippen LogP contribution in [0.1, 0.15) is 6.23 Å². The number of ether oxygens (including phenoxy) is 1. The molecule has 1 unspecified atom stereocenters. The molecule has 0 aromatic carbocycles. The highest BCUT2D eigenvalue weighted by atomic mass is 31.3. The largest absolute Gasteiger partial charge is 0.481 e. The number of aliphatic hydroxyl groups is 2. The number of H-pyrrole nitrogens is 1. The zero-order valence-electron chi connectivity index (χ0n) is 17.8. The number of nitrogens with two attached hydrogens (primary N) is 1. The van der Waals surface area contributed by atoms with Gasteiger partial charge in [-0.15, -0.1) is 0 Å². The molecule has 1 saturated heterocycles. The lowest BCUT2D eigenvalue weighted by molar-refractivity contribution is -0.0503. The molecule has 0 saturated carbocycles. The number of phosphoric acid groups is 2. The number of imidazole rings is 2. The van der Waals surface area contributed by atoms with Gasteiger partial charge in [0.2, 0.25) is 0 Å². The number of aromatic nitrogens is 8. The molecular formula is C15H19N9O10P2. The number of fused-ring (bicyclic) bond motifs is 2. The highest BCUT2D eigenvalue weighted by Crippen LogP contribution is 2.57. The van der Waals surface area contributed by atoms with Crippen LogP contribution in [-0.2, 0) is 22.7 Å². The Morgan fingerprint density at radius 3 is 2.58 bits per heavy atom. The van der Waals surface area contributed by atoms with Crippen LogP contribution in [0.3, 0.4) is 0 Å². The van der Waals surface area contributed by atoms with Gasteiger partial charge in [0.25, 0.3) is 0 Å². The van der Waals surface area contributed by atoms with E-state index >= 15 is 0 Å². The van der Waals surface area contributed by atoms with Crippen molar-refractivity contribution in [2.24, 2.45) is 0 Å². The lowest BCUT2D eigenvalue weighted by atomic mass is 10.1. The van der Waals surface area contributed by atoms with E-state index in [1.165, 1.54) is 17.2 Å². The van der Waals surface area contributed by atoms with Crippen LogP contribution in [0.15, 0.2) is 31.5 Å². The average Bonchev–Trinajstić information content (AvgIpc) is 3.51. The van der Waals surface area contributed by atoms with E-state index in [0.717, 1.165) is 11.8 Å². The molecule has 5 heterocycles. The Morgan fingerprint density at radius 2 is 1.86 bits per heavy atom. The molecular weight excluding hydrogens is 528 g/mol. The van der Waals surface area contributed by atoms with Crippen LogP contribution < -0.4 is 5.73 Å². The quantitative estimate of drug-likeness (QED) is 0.137. The number of aromatic amines is 1. The van der Waals surface area contributed by atoms with E-state index in [0.29, 0.717) is 5.65 Å². The molecule has 4 aromatic heterocycles. The van der Waals surface area contributed by atoms with Gasteiger partial charge in [0.1, 0.15) is 42.0 Å². The molecule has 1 aliphatic rings. The third-order valence-electron chi connectivity index (χ3n) is 4.71. The number of aliphatic hydroxyl groups excluding tert-OH is 2. The SMILES string of the molecule is Nc1ncnc2c1ncn2[C@@H]1O[C@H](COP(=O)(O)OP(=O)(O)O)[C@@H](O)[C@H]1O.c1ncc2[nH]cnc2n1. The Hall–Kier alpha value is -2.96. The Kier molecular flexibility index (Phi) is 7.39. The second-order valence-electron chi connectivity index (χ2n) is 7.13. The standard InChI is InChI=1S/C10H15N5O10P2.C5H4N4/c11-8-5-9(13-2-12-8)15(3-14-5)10-7(17)6(16)4(24-10)1-23-27(21,22)25-26(18,19)20;1-4-5(8-2-6-1)9-3-7-4/h2-4,6-7,10,16-17H,1H2,(H,21,22)(H2,11,12,13)(H2,18,19,20);1-3H,(H,6,7,8,9)/t4-,6-,7-,10-;/m1./s1. The number of nitrogens with one attached hydrogen (secondary N) is 1. The van der Waals surface area contributed by atoms with Gasteiger partial charge in [-0.25, -0.2) is 39.0 Å². The van der Waals surface area contributed by atoms with Crippen molar-refractivity contribution in [3.05, 3.63) is 31.5 Å². The van der Waals surface area contributed by atoms with Crippen LogP contribution in [0, 0.1) is 0 Å². The van der Waals surface area contributed by atoms with Crippen LogP contribution in [0.25, 0.3) is 22.3 Å². The fourth-order valence-corrected chi connectivity index (χ4v) is 4.77. The van der Waals surface area contributed by atoms with Gasteiger partial charge in [0.05, 0.1) is 25.5 Å². The lowest BCUT2D eigenvalue weighted by Gasteiger charge is -2.17. The molecule has 1 fully saturated rings. The zero-order chi connectivity index (χ0) is 26.1. The summed E-state index contributed by atoms with van der Waals surface area (Å²) >= 11 is 0. The second kappa shape index (κ2) is 10.2. The molecule has 0 spiro atoms. The van der Waals surface area contributed by atoms with Gasteiger partial charge in [-0.1, -0.05) is 0 Å². The number of nitrogens with zero attached hydrogens (tertiary/aromatic N) is 7. The number of phosphoric ester groups is 1. The maximum absolute atomic E-state index is 11.5. The molecule has 4 aromatic rings. The number of anilines is 1. The molecule has 5 rings (SSSR count). The predicted molar refractivity (Wildman–Crippen MR) is 116 cm³/mol. The molecule has 1 aliphatic heterocycles. The molecule has 0 amide bonds. The van der Waals surface area contributed by atoms with Crippen molar-refractivity contribution in [3.63, 3.8) is 0 Å². The summed E-state index contributed by atoms with van der Waals surface area (Å²) in [6.45, 7) is -0.813. The molecule has 36 heavy (non-hydrogen) atoms. The van der Waals surface area contributed by atoms with Gasteiger partial charge in [-0.05, 0) is 0 Å². The molecule has 19 nitrogen and oxygen atoms in total. The van der Waals surface area contributed by atoms with Gasteiger partial charge in [0.15, 0.2) is 23.3 Å². The van der Waals surface area contributed by atoms with Crippen LogP contribution in [-0.4, -0.2) is 89.3 Å². The van der Waals surface area contributed by atoms with E-state index in [-0.39, 0.29) is 17.0 Å². The summed E-state index contributed by atoms with van der Waals surface area (Å²) in [5, 5.41) is 20.3. The minimum absolute atomic E-state index is 0.0856. The lowest BCUT2D eigenvalue weighted by Crippen LogP contribution is -2.33. The molecule has 0 bridgehead atoms. The van der Waals surface area contributed by atoms with E-state index in [1.54, 1.807) is 12.5 Å². The normalized spacial score (nSPS) is 23.9. The Morgan fingerprint density at radius 1 is 1.08 bits per heavy atom. The average molecular weight is 547 g/mol. The van der Waals surface area contributed by atoms with Crippen molar-refractivity contribution in [1.82, 2.24) is 39.5 Å². The highest BCUT2D eigenvalue weighted by Gasteiger charge is 2.46. The van der Waals surface area contributed by atoms with Crippen molar-refractivity contribution in [1.29, 1.82) is 0 Å². The maximum Gasteiger partial charge on any atom is 0.481 e. The molecule has 0 radical (unpaired) electrons. The molecule has 0 aliphatic carbocycles. The van der Waals surface area contributed by atoms with Gasteiger partial charge in [-0.3, -0.25) is 9.09 Å². The predicted octanol–water partition coefficient (Wildman–Crippen LogP) is -1.39. The molecule has 5 atom stereocenters. The van der Waals surface area contributed by atoms with Gasteiger partial charge in [-0.2, -0.15) is 4.31 Å². The maximum atomic E-state index is 11.5. The summed E-state index contributed by atoms with van der Waals surface area (Å²) < 4.78 is 36.8. The molecule has 194 valence electrons. The van der Waals surface area contributed by atoms with Crippen LogP contribution >= 0.6 is 15.6 Å². The van der Waals surface area contributed by atoms with E-state index in [2.05, 4.69) is 43.7 Å². The summed E-state index contributed by atoms with van der Waals surface area (Å²) in [6, 6.07) is 0. The summed E-state index contributed by atoms with van der Waals surface area (Å²) in [4.78, 5) is 52.6. The van der Waals surface area contributed by atoms with Gasteiger partial charge >= 0.3 is 15.6 Å². The van der Waals surface area contributed by atoms with E-state index < -0.39 is 46.8 Å². The highest BCUT2D eigenvalue weighted by molar-refractivity contribution is 7.60. The van der Waals surface area contributed by atoms with E-state index in [9.17, 15) is 24.2 Å². The number of nitrogen functional groups attached to an aromatic ring is 1. The van der Waals surface area contributed by atoms with Gasteiger partial charge in [0, 0.05) is 0 Å². The van der Waals surface area contributed by atoms with Crippen LogP contribution in [0.2, 0.25) is 0 Å². The van der Waals surface area contributed by atoms with Crippen LogP contribution in [0.4, 0.5) is 5.82 Å². The first-order valence-corrected chi connectivity index (χ1v) is 12.8. The van der Waals surface area contributed by atoms with Crippen LogP contribution in [0.5, 0.6) is 0 Å². The van der Waals surface area contributed by atoms with E-state index in [4.69, 9.17) is 20.3 Å². The van der Waals surface area contributed by atoms with E-state index in [1.807, 2.05) is 0 Å². The number of hydrogen-bond donors (Lipinski definition) is 7. The smallest absolute Gasteiger partial charge is 0.387 e. The molecule has 8 N–H and O–H groups in total. The molecule has 21 heteroatoms. The summed E-state index contributed by atoms with van der Waals surface area (Å²) in [6.07, 6.45) is 1.56. The van der Waals surface area contributed by atoms with Crippen molar-refractivity contribution in [3.8, 4) is 0 Å². The summed E-state index contributed by atoms with van der Waals surface area (Å²) in [5.41, 5.74) is 7.69. The fraction of sp³-hybridized carbons (Fsp3) is 0.333. The van der Waals surface area contributed by atoms with Crippen molar-refractivity contribution in [2.45, 2.75) is 24.5 Å². The Balaban J connectivity index is 0.000000280. The summed E-state index contributed by atoms with van der Waals surface area (Å²) in [5.74, 6) is 0.0856. The van der Waals surface area contributed by atoms with Gasteiger partial charge < -0.3 is 40.3 Å². The second-order valence-corrected chi connectivity index (χ2v) is 9.96. The first kappa shape index (κ1) is 26.1. The third kappa shape index (κ3) is 5.88. The van der Waals surface area contributed by atoms with Crippen molar-refractivity contribution in [2.75, 3.05) is 12.3 Å². The first-order valence-electron chi connectivity index (χ1n) is 9.73. The minimum atomic E-state index is -5.29. The van der Waals surface area contributed by atoms with Crippen molar-refractivity contribution >= 4 is 43.8 Å². The topological polar surface area (TPSA) is 287 Å². The number of rotatable bonds is 6. The van der Waals surface area contributed by atoms with Crippen molar-refractivity contribution < 1.29 is 47.6 Å². The Labute approximate surface area is 199 Å². The minimum Gasteiger partial charge on any atom is -0.387 e. The monoisotopic (exact) mass is 547 g/mol. The third-order valence-corrected chi connectivity index (χ3v) is 6.86. The number of hydrogen-bond acceptors (Lipinski definition) is 14. The summed E-state index contributed by atoms with van der Waals surface area (Å²) in [7, 11) is -10.4. The fourth-order valence-electron chi connectivity index (χ4n) is 3.17. The Bertz CT molecular complexity index is 1410. The first-order chi connectivity index (χ1) is 17.0.